The van der Waals surface area contributed by atoms with Crippen molar-refractivity contribution in [3.05, 3.63) is 35.4 Å². The van der Waals surface area contributed by atoms with Crippen LogP contribution in [0.3, 0.4) is 0 Å². The molecule has 1 N–H and O–H groups in total. The Balaban J connectivity index is 2.76. The molecule has 1 aromatic rings. The molecule has 1 aromatic carbocycles. The van der Waals surface area contributed by atoms with Crippen molar-refractivity contribution in [2.75, 3.05) is 6.54 Å². The molecule has 0 radical (unpaired) electrons. The number of aryl methyl sites for hydroxylation is 1. The summed E-state index contributed by atoms with van der Waals surface area (Å²) in [7, 11) is 0. The van der Waals surface area contributed by atoms with Crippen molar-refractivity contribution in [1.29, 1.82) is 0 Å². The average Bonchev–Trinajstić information content (AvgIpc) is 2.38. The first-order chi connectivity index (χ1) is 8.96. The van der Waals surface area contributed by atoms with Gasteiger partial charge >= 0.3 is 6.18 Å². The second-order valence-electron chi connectivity index (χ2n) is 4.76. The minimum Gasteiger partial charge on any atom is -0.310 e. The molecular formula is C15H22F3N. The number of nitrogens with one attached hydrogen (secondary N) is 1. The molecule has 0 heterocycles. The molecule has 1 atom stereocenters. The third kappa shape index (κ3) is 6.10. The second-order valence-corrected chi connectivity index (χ2v) is 4.76. The minimum atomic E-state index is -4.09. The molecule has 0 aromatic heterocycles. The lowest BCUT2D eigenvalue weighted by Gasteiger charge is -2.20. The van der Waals surface area contributed by atoms with Crippen molar-refractivity contribution >= 4 is 0 Å². The first kappa shape index (κ1) is 16.0. The fourth-order valence-electron chi connectivity index (χ4n) is 2.04. The molecule has 108 valence electrons. The van der Waals surface area contributed by atoms with Crippen molar-refractivity contribution in [3.63, 3.8) is 0 Å². The monoisotopic (exact) mass is 273 g/mol. The number of hydrogen-bond donors (Lipinski definition) is 1. The van der Waals surface area contributed by atoms with E-state index in [-0.39, 0.29) is 12.5 Å². The summed E-state index contributed by atoms with van der Waals surface area (Å²) in [4.78, 5) is 0. The maximum Gasteiger partial charge on any atom is 0.389 e. The van der Waals surface area contributed by atoms with E-state index in [0.29, 0.717) is 0 Å². The summed E-state index contributed by atoms with van der Waals surface area (Å²) in [5, 5.41) is 3.21. The Morgan fingerprint density at radius 3 is 2.53 bits per heavy atom. The van der Waals surface area contributed by atoms with Crippen molar-refractivity contribution in [1.82, 2.24) is 5.32 Å². The van der Waals surface area contributed by atoms with E-state index in [2.05, 4.69) is 5.32 Å². The van der Waals surface area contributed by atoms with Crippen LogP contribution < -0.4 is 5.32 Å². The zero-order valence-corrected chi connectivity index (χ0v) is 11.6. The molecule has 0 saturated carbocycles. The Hall–Kier alpha value is -1.03. The summed E-state index contributed by atoms with van der Waals surface area (Å²) in [5.41, 5.74) is 2.12. The maximum absolute atomic E-state index is 12.4. The van der Waals surface area contributed by atoms with Gasteiger partial charge in [-0.25, -0.2) is 0 Å². The highest BCUT2D eigenvalue weighted by molar-refractivity contribution is 5.26. The largest absolute Gasteiger partial charge is 0.389 e. The van der Waals surface area contributed by atoms with Gasteiger partial charge in [-0.1, -0.05) is 38.1 Å². The minimum absolute atomic E-state index is 0.0939. The maximum atomic E-state index is 12.4. The number of hydrogen-bond acceptors (Lipinski definition) is 1. The third-order valence-corrected chi connectivity index (χ3v) is 3.12. The van der Waals surface area contributed by atoms with Crippen LogP contribution in [0.2, 0.25) is 0 Å². The molecule has 1 unspecified atom stereocenters. The van der Waals surface area contributed by atoms with E-state index in [9.17, 15) is 13.2 Å². The van der Waals surface area contributed by atoms with Gasteiger partial charge in [-0.15, -0.1) is 0 Å². The highest BCUT2D eigenvalue weighted by Crippen LogP contribution is 2.28. The summed E-state index contributed by atoms with van der Waals surface area (Å²) in [5.74, 6) is 0. The lowest BCUT2D eigenvalue weighted by atomic mass is 9.99. The molecule has 0 saturated heterocycles. The molecule has 1 nitrogen and oxygen atoms in total. The van der Waals surface area contributed by atoms with Gasteiger partial charge in [-0.2, -0.15) is 13.2 Å². The predicted octanol–water partition coefficient (Wildman–Crippen LogP) is 4.63. The van der Waals surface area contributed by atoms with Gasteiger partial charge in [-0.3, -0.25) is 0 Å². The highest BCUT2D eigenvalue weighted by Gasteiger charge is 2.28. The molecule has 0 amide bonds. The van der Waals surface area contributed by atoms with Crippen molar-refractivity contribution in [2.24, 2.45) is 0 Å². The SMILES string of the molecule is CCCNC(CCC(F)(F)F)c1cccc(CC)c1. The Labute approximate surface area is 113 Å². The van der Waals surface area contributed by atoms with Gasteiger partial charge in [0.15, 0.2) is 0 Å². The number of rotatable bonds is 7. The van der Waals surface area contributed by atoms with Crippen LogP contribution in [0.1, 0.15) is 50.3 Å². The van der Waals surface area contributed by atoms with Gasteiger partial charge < -0.3 is 5.32 Å². The van der Waals surface area contributed by atoms with E-state index in [1.807, 2.05) is 38.1 Å². The first-order valence-electron chi connectivity index (χ1n) is 6.85. The van der Waals surface area contributed by atoms with Crippen LogP contribution in [0.5, 0.6) is 0 Å². The standard InChI is InChI=1S/C15H22F3N/c1-3-10-19-14(8-9-15(16,17)18)13-7-5-6-12(4-2)11-13/h5-7,11,14,19H,3-4,8-10H2,1-2H3. The van der Waals surface area contributed by atoms with Crippen LogP contribution in [0.4, 0.5) is 13.2 Å². The molecule has 0 fully saturated rings. The molecule has 1 rings (SSSR count). The van der Waals surface area contributed by atoms with E-state index in [1.54, 1.807) is 0 Å². The third-order valence-electron chi connectivity index (χ3n) is 3.12. The van der Waals surface area contributed by atoms with Crippen molar-refractivity contribution < 1.29 is 13.2 Å². The van der Waals surface area contributed by atoms with E-state index < -0.39 is 12.6 Å². The van der Waals surface area contributed by atoms with Gasteiger partial charge in [0.1, 0.15) is 0 Å². The Kier molecular flexibility index (Phi) is 6.35. The zero-order valence-electron chi connectivity index (χ0n) is 11.6. The molecule has 0 aliphatic rings. The van der Waals surface area contributed by atoms with Crippen LogP contribution in [0, 0.1) is 0 Å². The zero-order chi connectivity index (χ0) is 14.3. The Morgan fingerprint density at radius 1 is 1.21 bits per heavy atom. The number of halogens is 3. The Bertz CT molecular complexity index is 374. The van der Waals surface area contributed by atoms with Crippen LogP contribution in [-0.2, 0) is 6.42 Å². The smallest absolute Gasteiger partial charge is 0.310 e. The van der Waals surface area contributed by atoms with Crippen molar-refractivity contribution in [3.8, 4) is 0 Å². The lowest BCUT2D eigenvalue weighted by Crippen LogP contribution is -2.24. The predicted molar refractivity (Wildman–Crippen MR) is 72.1 cm³/mol. The van der Waals surface area contributed by atoms with E-state index in [1.165, 1.54) is 0 Å². The summed E-state index contributed by atoms with van der Waals surface area (Å²) in [6.45, 7) is 4.79. The summed E-state index contributed by atoms with van der Waals surface area (Å²) in [6, 6.07) is 7.62. The van der Waals surface area contributed by atoms with E-state index in [4.69, 9.17) is 0 Å². The van der Waals surface area contributed by atoms with Gasteiger partial charge in [0.25, 0.3) is 0 Å². The van der Waals surface area contributed by atoms with Crippen LogP contribution in [0.25, 0.3) is 0 Å². The van der Waals surface area contributed by atoms with Gasteiger partial charge in [0, 0.05) is 12.5 Å². The highest BCUT2D eigenvalue weighted by atomic mass is 19.4. The van der Waals surface area contributed by atoms with Crippen molar-refractivity contribution in [2.45, 2.75) is 51.7 Å². The first-order valence-corrected chi connectivity index (χ1v) is 6.85. The van der Waals surface area contributed by atoms with Crippen LogP contribution >= 0.6 is 0 Å². The van der Waals surface area contributed by atoms with Gasteiger partial charge in [-0.05, 0) is 36.9 Å². The molecule has 0 aliphatic heterocycles. The number of alkyl halides is 3. The molecular weight excluding hydrogens is 251 g/mol. The molecule has 19 heavy (non-hydrogen) atoms. The molecule has 0 bridgehead atoms. The van der Waals surface area contributed by atoms with Crippen LogP contribution in [0.15, 0.2) is 24.3 Å². The van der Waals surface area contributed by atoms with E-state index >= 15 is 0 Å². The van der Waals surface area contributed by atoms with Gasteiger partial charge in [0.05, 0.1) is 0 Å². The second kappa shape index (κ2) is 7.53. The molecule has 0 spiro atoms. The normalized spacial score (nSPS) is 13.5. The average molecular weight is 273 g/mol. The fourth-order valence-corrected chi connectivity index (χ4v) is 2.04. The quantitative estimate of drug-likeness (QED) is 0.763. The topological polar surface area (TPSA) is 12.0 Å². The van der Waals surface area contributed by atoms with Gasteiger partial charge in [0.2, 0.25) is 0 Å². The molecule has 4 heteroatoms. The summed E-state index contributed by atoms with van der Waals surface area (Å²) >= 11 is 0. The summed E-state index contributed by atoms with van der Waals surface area (Å²) < 4.78 is 37.1. The molecule has 0 aliphatic carbocycles. The Morgan fingerprint density at radius 2 is 1.95 bits per heavy atom. The summed E-state index contributed by atoms with van der Waals surface area (Å²) in [6.07, 6.45) is -2.93. The van der Waals surface area contributed by atoms with E-state index in [0.717, 1.165) is 30.5 Å². The van der Waals surface area contributed by atoms with Crippen LogP contribution in [-0.4, -0.2) is 12.7 Å². The number of benzene rings is 1. The lowest BCUT2D eigenvalue weighted by molar-refractivity contribution is -0.136. The fraction of sp³-hybridized carbons (Fsp3) is 0.600.